The van der Waals surface area contributed by atoms with Gasteiger partial charge in [-0.05, 0) is 37.3 Å². The van der Waals surface area contributed by atoms with Crippen molar-refractivity contribution in [1.82, 2.24) is 0 Å². The largest absolute Gasteiger partial charge is 0.486 e. The second-order valence-electron chi connectivity index (χ2n) is 7.18. The van der Waals surface area contributed by atoms with Crippen LogP contribution in [0.15, 0.2) is 72.8 Å². The zero-order valence-corrected chi connectivity index (χ0v) is 17.4. The van der Waals surface area contributed by atoms with Gasteiger partial charge in [-0.1, -0.05) is 42.5 Å². The molecule has 1 heterocycles. The molecule has 0 radical (unpaired) electrons. The van der Waals surface area contributed by atoms with E-state index in [1.807, 2.05) is 0 Å². The second-order valence-corrected chi connectivity index (χ2v) is 7.18. The molecule has 1 aliphatic rings. The van der Waals surface area contributed by atoms with Gasteiger partial charge in [-0.3, -0.25) is 9.59 Å². The maximum absolute atomic E-state index is 13.1. The topological polar surface area (TPSA) is 90.9 Å². The molecule has 32 heavy (non-hydrogen) atoms. The summed E-state index contributed by atoms with van der Waals surface area (Å²) < 4.78 is 16.6. The van der Waals surface area contributed by atoms with Gasteiger partial charge in [0.1, 0.15) is 13.2 Å². The first-order valence-corrected chi connectivity index (χ1v) is 10.1. The smallest absolute Gasteiger partial charge is 0.339 e. The number of esters is 1. The third kappa shape index (κ3) is 4.78. The van der Waals surface area contributed by atoms with Gasteiger partial charge in [-0.2, -0.15) is 0 Å². The molecule has 0 unspecified atom stereocenters. The van der Waals surface area contributed by atoms with Crippen LogP contribution in [-0.4, -0.2) is 30.9 Å². The number of carbonyl (C=O) groups is 3. The van der Waals surface area contributed by atoms with Crippen LogP contribution in [0.3, 0.4) is 0 Å². The van der Waals surface area contributed by atoms with Gasteiger partial charge >= 0.3 is 5.97 Å². The fourth-order valence-electron chi connectivity index (χ4n) is 3.27. The number of hydrogen-bond donors (Lipinski definition) is 1. The van der Waals surface area contributed by atoms with E-state index in [0.717, 1.165) is 0 Å². The van der Waals surface area contributed by atoms with Gasteiger partial charge in [0, 0.05) is 16.8 Å². The first kappa shape index (κ1) is 21.1. The highest BCUT2D eigenvalue weighted by molar-refractivity contribution is 6.00. The van der Waals surface area contributed by atoms with E-state index in [1.54, 1.807) is 66.7 Å². The zero-order chi connectivity index (χ0) is 22.5. The third-order valence-electron chi connectivity index (χ3n) is 4.88. The second kappa shape index (κ2) is 9.34. The molecule has 0 fully saturated rings. The van der Waals surface area contributed by atoms with Crippen LogP contribution < -0.4 is 14.8 Å². The Morgan fingerprint density at radius 3 is 2.34 bits per heavy atom. The molecule has 0 spiro atoms. The summed E-state index contributed by atoms with van der Waals surface area (Å²) >= 11 is 0. The van der Waals surface area contributed by atoms with Crippen molar-refractivity contribution in [2.24, 2.45) is 0 Å². The normalized spacial score (nSPS) is 13.0. The fourth-order valence-corrected chi connectivity index (χ4v) is 3.27. The molecule has 0 saturated heterocycles. The number of ether oxygens (including phenoxy) is 3. The number of benzene rings is 3. The third-order valence-corrected chi connectivity index (χ3v) is 4.88. The van der Waals surface area contributed by atoms with Gasteiger partial charge < -0.3 is 19.5 Å². The molecule has 7 heteroatoms. The first-order valence-electron chi connectivity index (χ1n) is 10.1. The maximum atomic E-state index is 13.1. The molecule has 1 aliphatic heterocycles. The van der Waals surface area contributed by atoms with E-state index in [2.05, 4.69) is 5.32 Å². The number of fused-ring (bicyclic) bond motifs is 1. The van der Waals surface area contributed by atoms with Crippen molar-refractivity contribution in [2.45, 2.75) is 13.0 Å². The summed E-state index contributed by atoms with van der Waals surface area (Å²) in [6, 6.07) is 20.0. The van der Waals surface area contributed by atoms with Gasteiger partial charge in [0.15, 0.2) is 17.3 Å². The molecule has 3 aromatic carbocycles. The molecule has 162 valence electrons. The molecule has 1 atom stereocenters. The number of hydrogen-bond acceptors (Lipinski definition) is 6. The van der Waals surface area contributed by atoms with Crippen molar-refractivity contribution in [2.75, 3.05) is 18.5 Å². The van der Waals surface area contributed by atoms with Gasteiger partial charge in [0.05, 0.1) is 5.56 Å². The van der Waals surface area contributed by atoms with E-state index in [-0.39, 0.29) is 11.3 Å². The van der Waals surface area contributed by atoms with Crippen molar-refractivity contribution in [1.29, 1.82) is 0 Å². The minimum atomic E-state index is -1.20. The Balaban J connectivity index is 1.57. The van der Waals surface area contributed by atoms with Crippen LogP contribution in [0.4, 0.5) is 5.69 Å². The van der Waals surface area contributed by atoms with Crippen LogP contribution in [0.5, 0.6) is 11.5 Å². The summed E-state index contributed by atoms with van der Waals surface area (Å²) in [6.45, 7) is 2.28. The molecule has 0 aromatic heterocycles. The monoisotopic (exact) mass is 431 g/mol. The van der Waals surface area contributed by atoms with Crippen LogP contribution in [0.25, 0.3) is 0 Å². The number of ketones is 1. The molecule has 3 aromatic rings. The van der Waals surface area contributed by atoms with Crippen LogP contribution in [0.2, 0.25) is 0 Å². The quantitative estimate of drug-likeness (QED) is 0.465. The Morgan fingerprint density at radius 1 is 0.844 bits per heavy atom. The summed E-state index contributed by atoms with van der Waals surface area (Å²) in [7, 11) is 0. The highest BCUT2D eigenvalue weighted by Gasteiger charge is 2.27. The minimum Gasteiger partial charge on any atom is -0.486 e. The van der Waals surface area contributed by atoms with Crippen LogP contribution in [-0.2, 0) is 9.53 Å². The van der Waals surface area contributed by atoms with E-state index in [9.17, 15) is 14.4 Å². The number of anilines is 1. The first-order chi connectivity index (χ1) is 15.5. The van der Waals surface area contributed by atoms with Gasteiger partial charge in [0.25, 0.3) is 5.91 Å². The lowest BCUT2D eigenvalue weighted by Crippen LogP contribution is -2.26. The van der Waals surface area contributed by atoms with Gasteiger partial charge in [-0.15, -0.1) is 0 Å². The van der Waals surface area contributed by atoms with Crippen LogP contribution >= 0.6 is 0 Å². The summed E-state index contributed by atoms with van der Waals surface area (Å²) in [6.07, 6.45) is -1.20. The van der Waals surface area contributed by atoms with Gasteiger partial charge in [-0.25, -0.2) is 4.79 Å². The SMILES string of the molecule is CC(=O)c1cccc(NC(=O)[C@H](OC(=O)c2ccc3c(c2)OCCO3)c2ccccc2)c1. The Bertz CT molecular complexity index is 1160. The van der Waals surface area contributed by atoms with Crippen LogP contribution in [0, 0.1) is 0 Å². The number of Topliss-reactive ketones (excluding diaryl/α,β-unsaturated/α-hetero) is 1. The lowest BCUT2D eigenvalue weighted by atomic mass is 10.1. The molecule has 0 aliphatic carbocycles. The highest BCUT2D eigenvalue weighted by atomic mass is 16.6. The number of amides is 1. The average Bonchev–Trinajstić information content (AvgIpc) is 2.82. The lowest BCUT2D eigenvalue weighted by Gasteiger charge is -2.20. The van der Waals surface area contributed by atoms with E-state index in [4.69, 9.17) is 14.2 Å². The number of nitrogens with one attached hydrogen (secondary N) is 1. The number of carbonyl (C=O) groups excluding carboxylic acids is 3. The Labute approximate surface area is 184 Å². The molecular weight excluding hydrogens is 410 g/mol. The van der Waals surface area contributed by atoms with Crippen molar-refractivity contribution >= 4 is 23.3 Å². The maximum Gasteiger partial charge on any atom is 0.339 e. The van der Waals surface area contributed by atoms with E-state index in [0.29, 0.717) is 41.5 Å². The summed E-state index contributed by atoms with van der Waals surface area (Å²) in [5, 5.41) is 2.73. The molecule has 0 saturated carbocycles. The predicted octanol–water partition coefficient (Wildman–Crippen LogP) is 4.20. The van der Waals surface area contributed by atoms with Crippen molar-refractivity contribution in [3.05, 3.63) is 89.5 Å². The number of rotatable bonds is 6. The molecule has 7 nitrogen and oxygen atoms in total. The van der Waals surface area contributed by atoms with Gasteiger partial charge in [0.2, 0.25) is 6.10 Å². The molecular formula is C25H21NO6. The zero-order valence-electron chi connectivity index (χ0n) is 17.4. The molecule has 0 bridgehead atoms. The fraction of sp³-hybridized carbons (Fsp3) is 0.160. The standard InChI is InChI=1S/C25H21NO6/c1-16(27)18-8-5-9-20(14-18)26-24(28)23(17-6-3-2-4-7-17)32-25(29)19-10-11-21-22(15-19)31-13-12-30-21/h2-11,14-15,23H,12-13H2,1H3,(H,26,28)/t23-/m1/s1. The summed E-state index contributed by atoms with van der Waals surface area (Å²) in [5.74, 6) is -0.333. The summed E-state index contributed by atoms with van der Waals surface area (Å²) in [4.78, 5) is 37.6. The Morgan fingerprint density at radius 2 is 1.59 bits per heavy atom. The molecule has 1 N–H and O–H groups in total. The summed E-state index contributed by atoms with van der Waals surface area (Å²) in [5.41, 5.74) is 1.64. The van der Waals surface area contributed by atoms with Crippen molar-refractivity contribution < 1.29 is 28.6 Å². The lowest BCUT2D eigenvalue weighted by molar-refractivity contribution is -0.125. The Kier molecular flexibility index (Phi) is 6.17. The predicted molar refractivity (Wildman–Crippen MR) is 117 cm³/mol. The highest BCUT2D eigenvalue weighted by Crippen LogP contribution is 2.31. The molecule has 4 rings (SSSR count). The minimum absolute atomic E-state index is 0.120. The Hall–Kier alpha value is -4.13. The van der Waals surface area contributed by atoms with E-state index < -0.39 is 18.0 Å². The van der Waals surface area contributed by atoms with Crippen LogP contribution in [0.1, 0.15) is 39.3 Å². The van der Waals surface area contributed by atoms with Crippen molar-refractivity contribution in [3.8, 4) is 11.5 Å². The van der Waals surface area contributed by atoms with Crippen molar-refractivity contribution in [3.63, 3.8) is 0 Å². The van der Waals surface area contributed by atoms with E-state index >= 15 is 0 Å². The molecule has 1 amide bonds. The van der Waals surface area contributed by atoms with E-state index in [1.165, 1.54) is 13.0 Å². The average molecular weight is 431 g/mol.